The van der Waals surface area contributed by atoms with Crippen LogP contribution in [0.2, 0.25) is 0 Å². The van der Waals surface area contributed by atoms with Crippen LogP contribution in [0.25, 0.3) is 0 Å². The lowest BCUT2D eigenvalue weighted by Crippen LogP contribution is -2.42. The summed E-state index contributed by atoms with van der Waals surface area (Å²) < 4.78 is 6.24. The molecular weight excluding hydrogens is 422 g/mol. The number of Topliss-reactive ketones (excluding diaryl/α,β-unsaturated/α-hetero) is 1. The third kappa shape index (κ3) is 4.24. The summed E-state index contributed by atoms with van der Waals surface area (Å²) in [6.45, 7) is 2.32. The van der Waals surface area contributed by atoms with Gasteiger partial charge in [-0.05, 0) is 51.7 Å². The zero-order valence-corrected chi connectivity index (χ0v) is 18.8. The average molecular weight is 450 g/mol. The van der Waals surface area contributed by atoms with E-state index >= 15 is 0 Å². The summed E-state index contributed by atoms with van der Waals surface area (Å²) in [7, 11) is 0.487. The molecule has 0 aliphatic heterocycles. The number of carbonyl (C=O) groups excluding carboxylic acids is 1. The van der Waals surface area contributed by atoms with Crippen LogP contribution in [0.3, 0.4) is 0 Å². The predicted octanol–water partition coefficient (Wildman–Crippen LogP) is 5.50. The highest BCUT2D eigenvalue weighted by Gasteiger charge is 2.43. The number of benzene rings is 1. The Balaban J connectivity index is 1.99. The zero-order valence-electron chi connectivity index (χ0n) is 16.4. The number of ketones is 1. The van der Waals surface area contributed by atoms with Crippen molar-refractivity contribution in [2.45, 2.75) is 36.3 Å². The van der Waals surface area contributed by atoms with Crippen molar-refractivity contribution in [1.82, 2.24) is 4.98 Å². The normalized spacial score (nSPS) is 23.9. The Morgan fingerprint density at radius 3 is 2.56 bits per heavy atom. The van der Waals surface area contributed by atoms with E-state index in [9.17, 15) is 4.79 Å². The Morgan fingerprint density at radius 2 is 1.89 bits per heavy atom. The summed E-state index contributed by atoms with van der Waals surface area (Å²) in [5.74, 6) is 1.49. The summed E-state index contributed by atoms with van der Waals surface area (Å²) in [4.78, 5) is 19.0. The number of carbonyl (C=O) groups is 1. The molecule has 0 spiro atoms. The van der Waals surface area contributed by atoms with Gasteiger partial charge in [-0.15, -0.1) is 0 Å². The minimum absolute atomic E-state index is 0.00476. The highest BCUT2D eigenvalue weighted by atomic mass is 79.9. The molecule has 0 unspecified atom stereocenters. The van der Waals surface area contributed by atoms with E-state index in [1.165, 1.54) is 4.90 Å². The molecule has 1 aliphatic carbocycles. The summed E-state index contributed by atoms with van der Waals surface area (Å²) in [5.41, 5.74) is 0.912. The van der Waals surface area contributed by atoms with Crippen LogP contribution in [0.1, 0.15) is 25.5 Å². The number of nitrogens with zero attached hydrogens (tertiary/aromatic N) is 1. The van der Waals surface area contributed by atoms with Crippen LogP contribution in [0.15, 0.2) is 51.8 Å². The minimum atomic E-state index is -1.14. The Bertz CT molecular complexity index is 809. The molecule has 3 rings (SSSR count). The number of halogens is 1. The average Bonchev–Trinajstić information content (AvgIpc) is 2.67. The molecule has 0 amide bonds. The fraction of sp³-hybridized carbons (Fsp3) is 0.455. The van der Waals surface area contributed by atoms with Gasteiger partial charge < -0.3 is 4.74 Å². The second-order valence-electron chi connectivity index (χ2n) is 7.76. The molecule has 1 heterocycles. The van der Waals surface area contributed by atoms with Crippen molar-refractivity contribution in [2.24, 2.45) is 11.8 Å². The van der Waals surface area contributed by atoms with Crippen molar-refractivity contribution in [3.05, 3.63) is 52.6 Å². The zero-order chi connectivity index (χ0) is 19.6. The molecule has 146 valence electrons. The molecule has 3 atom stereocenters. The predicted molar refractivity (Wildman–Crippen MR) is 117 cm³/mol. The van der Waals surface area contributed by atoms with Gasteiger partial charge >= 0.3 is 0 Å². The molecule has 0 N–H and O–H groups in total. The second-order valence-corrected chi connectivity index (χ2v) is 12.4. The molecule has 1 aromatic heterocycles. The monoisotopic (exact) mass is 449 g/mol. The van der Waals surface area contributed by atoms with Crippen LogP contribution in [-0.4, -0.2) is 35.6 Å². The maximum Gasteiger partial charge on any atom is 0.213 e. The minimum Gasteiger partial charge on any atom is -0.481 e. The van der Waals surface area contributed by atoms with Gasteiger partial charge in [0.1, 0.15) is 5.78 Å². The molecule has 1 saturated carbocycles. The molecule has 0 saturated heterocycles. The van der Waals surface area contributed by atoms with E-state index < -0.39 is 10.0 Å². The molecule has 5 heteroatoms. The van der Waals surface area contributed by atoms with Gasteiger partial charge in [0.15, 0.2) is 0 Å². The Labute approximate surface area is 172 Å². The van der Waals surface area contributed by atoms with E-state index in [0.717, 1.165) is 16.6 Å². The Kier molecular flexibility index (Phi) is 6.32. The first-order chi connectivity index (χ1) is 12.8. The van der Waals surface area contributed by atoms with Crippen molar-refractivity contribution in [3.8, 4) is 5.88 Å². The largest absolute Gasteiger partial charge is 0.481 e. The highest BCUT2D eigenvalue weighted by Crippen LogP contribution is 2.60. The molecule has 3 nitrogen and oxygen atoms in total. The number of methoxy groups -OCH3 is 1. The number of hydrogen-bond acceptors (Lipinski definition) is 3. The SMILES string of the molecule is COc1ccc(Br)c(C[C@H]2C(=O)CC[C@@H](C)[C@@H]2S(C)(C)c2ccccc2)n1. The topological polar surface area (TPSA) is 39.2 Å². The van der Waals surface area contributed by atoms with Crippen LogP contribution < -0.4 is 4.74 Å². The van der Waals surface area contributed by atoms with Crippen molar-refractivity contribution in [1.29, 1.82) is 0 Å². The lowest BCUT2D eigenvalue weighted by Gasteiger charge is -2.49. The van der Waals surface area contributed by atoms with Gasteiger partial charge in [0, 0.05) is 34.5 Å². The van der Waals surface area contributed by atoms with E-state index in [4.69, 9.17) is 4.74 Å². The molecule has 1 aromatic carbocycles. The standard InChI is InChI=1S/C22H28BrNO2S/c1-15-10-12-20(25)17(14-19-18(23)11-13-21(24-19)26-2)22(15)27(3,4)16-8-6-5-7-9-16/h5-9,11,13,15,17,22H,10,12,14H2,1-4H3/t15-,17+,22+/m1/s1. The number of ether oxygens (including phenoxy) is 1. The third-order valence-electron chi connectivity index (χ3n) is 5.76. The second kappa shape index (κ2) is 8.36. The van der Waals surface area contributed by atoms with Gasteiger partial charge in [0.25, 0.3) is 0 Å². The lowest BCUT2D eigenvalue weighted by atomic mass is 9.78. The highest BCUT2D eigenvalue weighted by molar-refractivity contribution is 9.10. The van der Waals surface area contributed by atoms with E-state index in [-0.39, 0.29) is 5.92 Å². The lowest BCUT2D eigenvalue weighted by molar-refractivity contribution is -0.125. The van der Waals surface area contributed by atoms with Gasteiger partial charge in [-0.3, -0.25) is 4.79 Å². The van der Waals surface area contributed by atoms with E-state index in [1.54, 1.807) is 7.11 Å². The summed E-state index contributed by atoms with van der Waals surface area (Å²) in [6, 6.07) is 14.5. The molecule has 1 aliphatic rings. The van der Waals surface area contributed by atoms with Gasteiger partial charge in [0.2, 0.25) is 5.88 Å². The van der Waals surface area contributed by atoms with Crippen molar-refractivity contribution in [2.75, 3.05) is 19.6 Å². The van der Waals surface area contributed by atoms with E-state index in [0.29, 0.717) is 35.7 Å². The summed E-state index contributed by atoms with van der Waals surface area (Å²) in [5, 5.41) is 0.348. The number of pyridine rings is 1. The van der Waals surface area contributed by atoms with Crippen LogP contribution >= 0.6 is 26.0 Å². The summed E-state index contributed by atoms with van der Waals surface area (Å²) in [6.07, 6.45) is 7.05. The van der Waals surface area contributed by atoms with Gasteiger partial charge in [-0.2, -0.15) is 0 Å². The van der Waals surface area contributed by atoms with Crippen molar-refractivity contribution < 1.29 is 9.53 Å². The van der Waals surface area contributed by atoms with E-state index in [1.807, 2.05) is 12.1 Å². The fourth-order valence-corrected chi connectivity index (χ4v) is 8.30. The fourth-order valence-electron chi connectivity index (χ4n) is 4.38. The first-order valence-electron chi connectivity index (χ1n) is 9.34. The molecule has 1 fully saturated rings. The Hall–Kier alpha value is -1.33. The molecule has 0 bridgehead atoms. The molecule has 27 heavy (non-hydrogen) atoms. The van der Waals surface area contributed by atoms with Gasteiger partial charge in [-0.1, -0.05) is 37.3 Å². The number of hydrogen-bond donors (Lipinski definition) is 0. The molecule has 2 aromatic rings. The van der Waals surface area contributed by atoms with Crippen LogP contribution in [0.5, 0.6) is 5.88 Å². The maximum absolute atomic E-state index is 13.0. The number of rotatable bonds is 5. The van der Waals surface area contributed by atoms with Gasteiger partial charge in [-0.25, -0.2) is 15.0 Å². The first-order valence-corrected chi connectivity index (χ1v) is 12.6. The maximum atomic E-state index is 13.0. The molecular formula is C22H28BrNO2S. The quantitative estimate of drug-likeness (QED) is 0.604. The summed E-state index contributed by atoms with van der Waals surface area (Å²) >= 11 is 3.61. The number of aromatic nitrogens is 1. The van der Waals surface area contributed by atoms with Crippen LogP contribution in [-0.2, 0) is 11.2 Å². The van der Waals surface area contributed by atoms with Crippen LogP contribution in [0, 0.1) is 11.8 Å². The first kappa shape index (κ1) is 20.4. The van der Waals surface area contributed by atoms with E-state index in [2.05, 4.69) is 70.7 Å². The smallest absolute Gasteiger partial charge is 0.213 e. The van der Waals surface area contributed by atoms with Crippen molar-refractivity contribution in [3.63, 3.8) is 0 Å². The van der Waals surface area contributed by atoms with Crippen LogP contribution in [0.4, 0.5) is 0 Å². The third-order valence-corrected chi connectivity index (χ3v) is 10.1. The van der Waals surface area contributed by atoms with Gasteiger partial charge in [0.05, 0.1) is 12.8 Å². The Morgan fingerprint density at radius 1 is 1.19 bits per heavy atom. The van der Waals surface area contributed by atoms with Crippen molar-refractivity contribution >= 4 is 31.7 Å². The molecule has 0 radical (unpaired) electrons.